The summed E-state index contributed by atoms with van der Waals surface area (Å²) in [6, 6.07) is -1.41. The van der Waals surface area contributed by atoms with Gasteiger partial charge < -0.3 is 25.6 Å². The molecule has 0 saturated heterocycles. The standard InChI is InChI=1S/C51H88N2O7/c1-3-5-7-9-11-13-15-17-19-20-21-22-23-24-25-27-29-31-33-35-37-43-50(57)60-46(40-36-34-32-30-28-26-18-16-14-12-10-8-6-4-2)41-38-39-42-48(55)52-44-49(56)53-47(45-54)51(58)59/h6,8,12,14,18,26,30,32,36,40,46-47,54H,3-5,7,9-11,13,15-17,19-25,27-29,31,33-35,37-39,41-45H2,1-2H3,(H,52,55)(H,53,56)(H,58,59)/b8-6-,14-12-,26-18-,32-30-,40-36-. The lowest BCUT2D eigenvalue weighted by Gasteiger charge is -2.15. The molecule has 0 saturated carbocycles. The molecule has 4 N–H and O–H groups in total. The molecule has 0 bridgehead atoms. The first kappa shape index (κ1) is 56.5. The van der Waals surface area contributed by atoms with E-state index >= 15 is 0 Å². The Morgan fingerprint density at radius 1 is 0.517 bits per heavy atom. The first-order valence-corrected chi connectivity index (χ1v) is 24.2. The zero-order valence-corrected chi connectivity index (χ0v) is 38.2. The summed E-state index contributed by atoms with van der Waals surface area (Å²) >= 11 is 0. The third kappa shape index (κ3) is 41.3. The van der Waals surface area contributed by atoms with Crippen LogP contribution in [0.5, 0.6) is 0 Å². The molecule has 9 heteroatoms. The fourth-order valence-corrected chi connectivity index (χ4v) is 6.84. The predicted octanol–water partition coefficient (Wildman–Crippen LogP) is 12.5. The number of aliphatic carboxylic acids is 1. The fourth-order valence-electron chi connectivity index (χ4n) is 6.84. The molecule has 344 valence electrons. The Hall–Kier alpha value is -3.46. The van der Waals surface area contributed by atoms with Crippen molar-refractivity contribution < 1.29 is 34.1 Å². The first-order valence-electron chi connectivity index (χ1n) is 24.2. The molecule has 60 heavy (non-hydrogen) atoms. The normalized spacial score (nSPS) is 13.0. The summed E-state index contributed by atoms with van der Waals surface area (Å²) < 4.78 is 5.87. The van der Waals surface area contributed by atoms with Crippen molar-refractivity contribution in [2.45, 2.75) is 225 Å². The molecule has 2 amide bonds. The first-order chi connectivity index (χ1) is 29.3. The van der Waals surface area contributed by atoms with Gasteiger partial charge in [0.05, 0.1) is 13.2 Å². The summed E-state index contributed by atoms with van der Waals surface area (Å²) in [5, 5.41) is 22.6. The number of hydrogen-bond acceptors (Lipinski definition) is 6. The second-order valence-electron chi connectivity index (χ2n) is 16.2. The van der Waals surface area contributed by atoms with Gasteiger partial charge in [0.1, 0.15) is 12.1 Å². The SMILES string of the molecule is CC/C=C\C/C=C\C/C=C\C/C=C\C/C=C\C(CCCCC(=O)NCC(=O)NC(CO)C(=O)O)OC(=O)CCCCCCCCCCCCCCCCCCCCCCC. The third-order valence-electron chi connectivity index (χ3n) is 10.5. The van der Waals surface area contributed by atoms with Gasteiger partial charge in [0.15, 0.2) is 0 Å². The lowest BCUT2D eigenvalue weighted by molar-refractivity contribution is -0.147. The minimum atomic E-state index is -1.41. The van der Waals surface area contributed by atoms with Crippen LogP contribution in [0, 0.1) is 0 Å². The average molecular weight is 841 g/mol. The van der Waals surface area contributed by atoms with Crippen LogP contribution in [-0.2, 0) is 23.9 Å². The minimum absolute atomic E-state index is 0.182. The van der Waals surface area contributed by atoms with Crippen molar-refractivity contribution in [3.63, 3.8) is 0 Å². The molecule has 0 aliphatic carbocycles. The van der Waals surface area contributed by atoms with E-state index in [2.05, 4.69) is 73.1 Å². The largest absolute Gasteiger partial charge is 0.480 e. The number of unbranched alkanes of at least 4 members (excludes halogenated alkanes) is 21. The summed E-state index contributed by atoms with van der Waals surface area (Å²) in [5.41, 5.74) is 0. The van der Waals surface area contributed by atoms with E-state index in [1.54, 1.807) is 0 Å². The van der Waals surface area contributed by atoms with Crippen LogP contribution in [0.2, 0.25) is 0 Å². The van der Waals surface area contributed by atoms with Crippen molar-refractivity contribution in [1.82, 2.24) is 10.6 Å². The van der Waals surface area contributed by atoms with Gasteiger partial charge in [0.2, 0.25) is 11.8 Å². The fraction of sp³-hybridized carbons (Fsp3) is 0.725. The van der Waals surface area contributed by atoms with Crippen LogP contribution in [0.4, 0.5) is 0 Å². The Morgan fingerprint density at radius 2 is 0.933 bits per heavy atom. The summed E-state index contributed by atoms with van der Waals surface area (Å²) in [7, 11) is 0. The van der Waals surface area contributed by atoms with Crippen molar-refractivity contribution in [3.05, 3.63) is 60.8 Å². The van der Waals surface area contributed by atoms with Gasteiger partial charge in [0, 0.05) is 12.8 Å². The maximum atomic E-state index is 12.8. The molecule has 0 aliphatic rings. The molecule has 0 aromatic carbocycles. The number of rotatable bonds is 43. The molecule has 0 spiro atoms. The number of nitrogens with one attached hydrogen (secondary N) is 2. The number of carboxylic acid groups (broad SMARTS) is 1. The van der Waals surface area contributed by atoms with E-state index in [9.17, 15) is 19.2 Å². The monoisotopic (exact) mass is 841 g/mol. The highest BCUT2D eigenvalue weighted by molar-refractivity contribution is 5.87. The number of aliphatic hydroxyl groups is 1. The number of esters is 1. The lowest BCUT2D eigenvalue weighted by atomic mass is 10.0. The molecule has 0 rings (SSSR count). The molecule has 0 aromatic rings. The van der Waals surface area contributed by atoms with Crippen LogP contribution >= 0.6 is 0 Å². The van der Waals surface area contributed by atoms with Gasteiger partial charge in [0.25, 0.3) is 0 Å². The van der Waals surface area contributed by atoms with Gasteiger partial charge in [-0.05, 0) is 63.9 Å². The Bertz CT molecular complexity index is 1190. The second kappa shape index (κ2) is 45.1. The topological polar surface area (TPSA) is 142 Å². The molecule has 2 atom stereocenters. The number of carbonyl (C=O) groups is 4. The van der Waals surface area contributed by atoms with Crippen LogP contribution in [0.15, 0.2) is 60.8 Å². The predicted molar refractivity (Wildman–Crippen MR) is 250 cm³/mol. The number of carboxylic acids is 1. The van der Waals surface area contributed by atoms with Gasteiger partial charge in [-0.15, -0.1) is 0 Å². The Labute approximate surface area is 366 Å². The molecular weight excluding hydrogens is 753 g/mol. The summed E-state index contributed by atoms with van der Waals surface area (Å²) in [4.78, 5) is 47.9. The quantitative estimate of drug-likeness (QED) is 0.0272. The Balaban J connectivity index is 4.37. The van der Waals surface area contributed by atoms with Gasteiger partial charge in [-0.2, -0.15) is 0 Å². The molecule has 0 fully saturated rings. The van der Waals surface area contributed by atoms with Gasteiger partial charge in [-0.25, -0.2) is 4.79 Å². The van der Waals surface area contributed by atoms with Crippen LogP contribution in [0.25, 0.3) is 0 Å². The Kier molecular flexibility index (Phi) is 42.5. The van der Waals surface area contributed by atoms with E-state index in [1.807, 2.05) is 12.2 Å². The highest BCUT2D eigenvalue weighted by Crippen LogP contribution is 2.16. The average Bonchev–Trinajstić information content (AvgIpc) is 3.23. The van der Waals surface area contributed by atoms with Crippen LogP contribution in [0.1, 0.15) is 213 Å². The maximum Gasteiger partial charge on any atom is 0.328 e. The van der Waals surface area contributed by atoms with Crippen molar-refractivity contribution in [2.24, 2.45) is 0 Å². The number of hydrogen-bond donors (Lipinski definition) is 4. The van der Waals surface area contributed by atoms with E-state index in [0.29, 0.717) is 25.7 Å². The van der Waals surface area contributed by atoms with E-state index in [0.717, 1.165) is 51.4 Å². The van der Waals surface area contributed by atoms with Crippen LogP contribution < -0.4 is 10.6 Å². The molecule has 0 aliphatic heterocycles. The molecule has 2 unspecified atom stereocenters. The molecule has 9 nitrogen and oxygen atoms in total. The van der Waals surface area contributed by atoms with E-state index in [1.165, 1.54) is 116 Å². The summed E-state index contributed by atoms with van der Waals surface area (Å²) in [6.07, 6.45) is 55.6. The molecule has 0 aromatic heterocycles. The van der Waals surface area contributed by atoms with E-state index < -0.39 is 24.5 Å². The van der Waals surface area contributed by atoms with Crippen molar-refractivity contribution >= 4 is 23.8 Å². The van der Waals surface area contributed by atoms with Crippen molar-refractivity contribution in [3.8, 4) is 0 Å². The Morgan fingerprint density at radius 3 is 1.37 bits per heavy atom. The number of aliphatic hydroxyl groups excluding tert-OH is 1. The maximum absolute atomic E-state index is 12.8. The number of allylic oxidation sites excluding steroid dienone is 9. The van der Waals surface area contributed by atoms with E-state index in [4.69, 9.17) is 14.9 Å². The highest BCUT2D eigenvalue weighted by atomic mass is 16.5. The minimum Gasteiger partial charge on any atom is -0.480 e. The van der Waals surface area contributed by atoms with E-state index in [-0.39, 0.29) is 30.9 Å². The summed E-state index contributed by atoms with van der Waals surface area (Å²) in [5.74, 6) is -2.56. The highest BCUT2D eigenvalue weighted by Gasteiger charge is 2.19. The number of ether oxygens (including phenoxy) is 1. The van der Waals surface area contributed by atoms with Gasteiger partial charge in [-0.3, -0.25) is 14.4 Å². The molecule has 0 heterocycles. The molecular formula is C51H88N2O7. The van der Waals surface area contributed by atoms with Crippen LogP contribution in [0.3, 0.4) is 0 Å². The number of carbonyl (C=O) groups excluding carboxylic acids is 3. The van der Waals surface area contributed by atoms with Crippen LogP contribution in [-0.4, -0.2) is 59.3 Å². The van der Waals surface area contributed by atoms with Crippen molar-refractivity contribution in [1.29, 1.82) is 0 Å². The zero-order valence-electron chi connectivity index (χ0n) is 38.2. The lowest BCUT2D eigenvalue weighted by Crippen LogP contribution is -2.47. The molecule has 0 radical (unpaired) electrons. The van der Waals surface area contributed by atoms with Gasteiger partial charge in [-0.1, -0.05) is 197 Å². The smallest absolute Gasteiger partial charge is 0.328 e. The summed E-state index contributed by atoms with van der Waals surface area (Å²) in [6.45, 7) is 3.30. The zero-order chi connectivity index (χ0) is 44.0. The van der Waals surface area contributed by atoms with Crippen molar-refractivity contribution in [2.75, 3.05) is 13.2 Å². The van der Waals surface area contributed by atoms with Gasteiger partial charge >= 0.3 is 11.9 Å². The number of amides is 2. The second-order valence-corrected chi connectivity index (χ2v) is 16.2. The third-order valence-corrected chi connectivity index (χ3v) is 10.5.